The lowest BCUT2D eigenvalue weighted by Crippen LogP contribution is -2.23. The van der Waals surface area contributed by atoms with Gasteiger partial charge in [-0.15, -0.1) is 0 Å². The van der Waals surface area contributed by atoms with Crippen LogP contribution >= 0.6 is 11.6 Å². The number of hydrogen-bond donors (Lipinski definition) is 0. The standard InChI is InChI=1S/C14H17ClO2S/c15-12-7-4-8-13(9-12)18(17)10-14(16)11-5-2-1-3-6-11/h4,7-9,11H,1-3,5-6,10H2. The van der Waals surface area contributed by atoms with Crippen LogP contribution in [0, 0.1) is 5.92 Å². The van der Waals surface area contributed by atoms with Gasteiger partial charge in [-0.3, -0.25) is 9.00 Å². The molecule has 0 N–H and O–H groups in total. The zero-order chi connectivity index (χ0) is 13.0. The zero-order valence-corrected chi connectivity index (χ0v) is 11.8. The third-order valence-electron chi connectivity index (χ3n) is 3.39. The van der Waals surface area contributed by atoms with Crippen LogP contribution in [0.4, 0.5) is 0 Å². The van der Waals surface area contributed by atoms with Crippen molar-refractivity contribution in [2.24, 2.45) is 5.92 Å². The van der Waals surface area contributed by atoms with E-state index in [2.05, 4.69) is 0 Å². The molecular formula is C14H17ClO2S. The van der Waals surface area contributed by atoms with Crippen molar-refractivity contribution >= 4 is 28.2 Å². The minimum Gasteiger partial charge on any atom is -0.298 e. The molecule has 98 valence electrons. The Morgan fingerprint density at radius 3 is 2.67 bits per heavy atom. The Labute approximate surface area is 115 Å². The van der Waals surface area contributed by atoms with Crippen LogP contribution in [0.25, 0.3) is 0 Å². The highest BCUT2D eigenvalue weighted by Gasteiger charge is 2.22. The van der Waals surface area contributed by atoms with E-state index < -0.39 is 10.8 Å². The quantitative estimate of drug-likeness (QED) is 0.847. The fourth-order valence-electron chi connectivity index (χ4n) is 2.36. The first-order valence-electron chi connectivity index (χ1n) is 6.33. The summed E-state index contributed by atoms with van der Waals surface area (Å²) < 4.78 is 12.1. The molecule has 0 bridgehead atoms. The van der Waals surface area contributed by atoms with Crippen molar-refractivity contribution in [2.75, 3.05) is 5.75 Å². The molecule has 1 saturated carbocycles. The molecule has 0 radical (unpaired) electrons. The number of Topliss-reactive ketones (excluding diaryl/α,β-unsaturated/α-hetero) is 1. The fourth-order valence-corrected chi connectivity index (χ4v) is 3.77. The van der Waals surface area contributed by atoms with Crippen LogP contribution in [-0.4, -0.2) is 15.7 Å². The Kier molecular flexibility index (Phi) is 4.95. The first-order chi connectivity index (χ1) is 8.66. The molecule has 0 saturated heterocycles. The van der Waals surface area contributed by atoms with Crippen molar-refractivity contribution in [2.45, 2.75) is 37.0 Å². The van der Waals surface area contributed by atoms with E-state index in [4.69, 9.17) is 11.6 Å². The number of rotatable bonds is 4. The number of halogens is 1. The molecular weight excluding hydrogens is 268 g/mol. The normalized spacial score (nSPS) is 18.5. The van der Waals surface area contributed by atoms with E-state index in [1.807, 2.05) is 0 Å². The van der Waals surface area contributed by atoms with Crippen LogP contribution in [0.2, 0.25) is 5.02 Å². The van der Waals surface area contributed by atoms with Gasteiger partial charge in [0.1, 0.15) is 5.78 Å². The Morgan fingerprint density at radius 1 is 1.28 bits per heavy atom. The molecule has 1 unspecified atom stereocenters. The van der Waals surface area contributed by atoms with E-state index in [0.29, 0.717) is 9.92 Å². The highest BCUT2D eigenvalue weighted by molar-refractivity contribution is 7.85. The molecule has 1 aliphatic carbocycles. The van der Waals surface area contributed by atoms with Gasteiger partial charge in [-0.25, -0.2) is 0 Å². The molecule has 1 aromatic rings. The van der Waals surface area contributed by atoms with Gasteiger partial charge in [0.05, 0.1) is 16.6 Å². The van der Waals surface area contributed by atoms with E-state index in [0.717, 1.165) is 25.7 Å². The molecule has 1 atom stereocenters. The molecule has 0 aliphatic heterocycles. The number of ketones is 1. The van der Waals surface area contributed by atoms with Crippen molar-refractivity contribution in [3.63, 3.8) is 0 Å². The number of benzene rings is 1. The average molecular weight is 285 g/mol. The van der Waals surface area contributed by atoms with E-state index in [1.54, 1.807) is 24.3 Å². The van der Waals surface area contributed by atoms with Crippen LogP contribution in [-0.2, 0) is 15.6 Å². The van der Waals surface area contributed by atoms with Gasteiger partial charge >= 0.3 is 0 Å². The highest BCUT2D eigenvalue weighted by Crippen LogP contribution is 2.25. The van der Waals surface area contributed by atoms with Crippen molar-refractivity contribution in [1.29, 1.82) is 0 Å². The molecule has 0 amide bonds. The monoisotopic (exact) mass is 284 g/mol. The summed E-state index contributed by atoms with van der Waals surface area (Å²) in [7, 11) is -1.26. The number of hydrogen-bond acceptors (Lipinski definition) is 2. The molecule has 1 aliphatic rings. The summed E-state index contributed by atoms with van der Waals surface area (Å²) in [5.74, 6) is 0.403. The van der Waals surface area contributed by atoms with Gasteiger partial charge in [-0.05, 0) is 31.0 Å². The highest BCUT2D eigenvalue weighted by atomic mass is 35.5. The molecule has 0 heterocycles. The van der Waals surface area contributed by atoms with E-state index in [-0.39, 0.29) is 17.5 Å². The molecule has 1 fully saturated rings. The smallest absolute Gasteiger partial charge is 0.148 e. The van der Waals surface area contributed by atoms with Gasteiger partial charge < -0.3 is 0 Å². The lowest BCUT2D eigenvalue weighted by atomic mass is 9.87. The maximum atomic E-state index is 12.1. The summed E-state index contributed by atoms with van der Waals surface area (Å²) in [5.41, 5.74) is 0. The lowest BCUT2D eigenvalue weighted by Gasteiger charge is -2.19. The molecule has 2 nitrogen and oxygen atoms in total. The SMILES string of the molecule is O=C(CS(=O)c1cccc(Cl)c1)C1CCCCC1. The summed E-state index contributed by atoms with van der Waals surface area (Å²) in [4.78, 5) is 12.7. The van der Waals surface area contributed by atoms with Crippen LogP contribution in [0.3, 0.4) is 0 Å². The van der Waals surface area contributed by atoms with Crippen molar-refractivity contribution < 1.29 is 9.00 Å². The van der Waals surface area contributed by atoms with Crippen LogP contribution in [0.1, 0.15) is 32.1 Å². The second-order valence-electron chi connectivity index (χ2n) is 4.75. The fraction of sp³-hybridized carbons (Fsp3) is 0.500. The first-order valence-corrected chi connectivity index (χ1v) is 8.03. The summed E-state index contributed by atoms with van der Waals surface area (Å²) in [6, 6.07) is 6.94. The van der Waals surface area contributed by atoms with Crippen LogP contribution in [0.5, 0.6) is 0 Å². The third kappa shape index (κ3) is 3.66. The van der Waals surface area contributed by atoms with Gasteiger partial charge in [0.2, 0.25) is 0 Å². The molecule has 1 aromatic carbocycles. The summed E-state index contributed by atoms with van der Waals surface area (Å²) in [5, 5.41) is 0.561. The number of carbonyl (C=O) groups is 1. The molecule has 4 heteroatoms. The maximum absolute atomic E-state index is 12.1. The van der Waals surface area contributed by atoms with E-state index in [1.165, 1.54) is 6.42 Å². The minimum atomic E-state index is -1.26. The average Bonchev–Trinajstić information content (AvgIpc) is 2.39. The Balaban J connectivity index is 1.96. The van der Waals surface area contributed by atoms with Crippen molar-refractivity contribution in [3.8, 4) is 0 Å². The Morgan fingerprint density at radius 2 is 2.00 bits per heavy atom. The van der Waals surface area contributed by atoms with Gasteiger partial charge in [0.25, 0.3) is 0 Å². The Bertz CT molecular complexity index is 453. The van der Waals surface area contributed by atoms with Crippen molar-refractivity contribution in [3.05, 3.63) is 29.3 Å². The van der Waals surface area contributed by atoms with Gasteiger partial charge in [-0.2, -0.15) is 0 Å². The van der Waals surface area contributed by atoms with Gasteiger partial charge in [0, 0.05) is 15.8 Å². The molecule has 2 rings (SSSR count). The van der Waals surface area contributed by atoms with Crippen LogP contribution < -0.4 is 0 Å². The second kappa shape index (κ2) is 6.48. The summed E-state index contributed by atoms with van der Waals surface area (Å²) in [6.07, 6.45) is 5.40. The summed E-state index contributed by atoms with van der Waals surface area (Å²) in [6.45, 7) is 0. The number of carbonyl (C=O) groups excluding carboxylic acids is 1. The Hall–Kier alpha value is -0.670. The predicted octanol–water partition coefficient (Wildman–Crippen LogP) is 3.60. The van der Waals surface area contributed by atoms with Crippen LogP contribution in [0.15, 0.2) is 29.2 Å². The van der Waals surface area contributed by atoms with Gasteiger partial charge in [-0.1, -0.05) is 36.9 Å². The zero-order valence-electron chi connectivity index (χ0n) is 10.2. The minimum absolute atomic E-state index is 0.127. The topological polar surface area (TPSA) is 34.1 Å². The first kappa shape index (κ1) is 13.8. The second-order valence-corrected chi connectivity index (χ2v) is 6.64. The van der Waals surface area contributed by atoms with Crippen molar-refractivity contribution in [1.82, 2.24) is 0 Å². The van der Waals surface area contributed by atoms with E-state index >= 15 is 0 Å². The van der Waals surface area contributed by atoms with E-state index in [9.17, 15) is 9.00 Å². The molecule has 18 heavy (non-hydrogen) atoms. The predicted molar refractivity (Wildman–Crippen MR) is 74.3 cm³/mol. The largest absolute Gasteiger partial charge is 0.298 e. The lowest BCUT2D eigenvalue weighted by molar-refractivity contribution is -0.121. The third-order valence-corrected chi connectivity index (χ3v) is 4.95. The molecule has 0 spiro atoms. The molecule has 0 aromatic heterocycles. The van der Waals surface area contributed by atoms with Gasteiger partial charge in [0.15, 0.2) is 0 Å². The maximum Gasteiger partial charge on any atom is 0.148 e. The summed E-state index contributed by atoms with van der Waals surface area (Å²) >= 11 is 5.85.